The van der Waals surface area contributed by atoms with Gasteiger partial charge in [-0.25, -0.2) is 0 Å². The van der Waals surface area contributed by atoms with Crippen LogP contribution in [-0.4, -0.2) is 46.6 Å². The van der Waals surface area contributed by atoms with Gasteiger partial charge >= 0.3 is 0 Å². The molecule has 126 valence electrons. The Balaban J connectivity index is 1.52. The summed E-state index contributed by atoms with van der Waals surface area (Å²) in [4.78, 5) is 18.9. The van der Waals surface area contributed by atoms with Crippen molar-refractivity contribution in [3.8, 4) is 5.75 Å². The third kappa shape index (κ3) is 3.83. The van der Waals surface area contributed by atoms with Crippen molar-refractivity contribution in [2.45, 2.75) is 51.5 Å². The predicted molar refractivity (Wildman–Crippen MR) is 89.5 cm³/mol. The van der Waals surface area contributed by atoms with Gasteiger partial charge in [-0.3, -0.25) is 9.78 Å². The molecule has 2 aliphatic rings. The minimum absolute atomic E-state index is 0.0516. The monoisotopic (exact) mass is 317 g/mol. The molecule has 0 bridgehead atoms. The van der Waals surface area contributed by atoms with Gasteiger partial charge in [0.25, 0.3) is 5.91 Å². The highest BCUT2D eigenvalue weighted by Gasteiger charge is 2.32. The van der Waals surface area contributed by atoms with Crippen LogP contribution in [0.5, 0.6) is 5.75 Å². The summed E-state index contributed by atoms with van der Waals surface area (Å²) in [6, 6.07) is 2.35. The lowest BCUT2D eigenvalue weighted by molar-refractivity contribution is 0.0554. The minimum atomic E-state index is -0.204. The van der Waals surface area contributed by atoms with E-state index in [1.54, 1.807) is 6.07 Å². The summed E-state index contributed by atoms with van der Waals surface area (Å²) in [5.74, 6) is 0.436. The van der Waals surface area contributed by atoms with Crippen molar-refractivity contribution in [2.75, 3.05) is 19.6 Å². The zero-order valence-corrected chi connectivity index (χ0v) is 13.9. The lowest BCUT2D eigenvalue weighted by Crippen LogP contribution is -2.48. The lowest BCUT2D eigenvalue weighted by atomic mass is 9.81. The Hall–Kier alpha value is -1.62. The fraction of sp³-hybridized carbons (Fsp3) is 0.667. The molecule has 5 nitrogen and oxygen atoms in total. The topological polar surface area (TPSA) is 65.5 Å². The SMILES string of the molecule is Cc1cc(C(=O)NCC[C@@H]2CCCN3CCCC[C@H]23)c(O)cn1. The highest BCUT2D eigenvalue weighted by molar-refractivity contribution is 5.96. The second-order valence-electron chi connectivity index (χ2n) is 6.89. The molecule has 1 aromatic rings. The van der Waals surface area contributed by atoms with Gasteiger partial charge in [-0.05, 0) is 64.1 Å². The first-order chi connectivity index (χ1) is 11.1. The normalized spacial score (nSPS) is 24.9. The van der Waals surface area contributed by atoms with E-state index in [0.717, 1.165) is 12.1 Å². The van der Waals surface area contributed by atoms with E-state index >= 15 is 0 Å². The van der Waals surface area contributed by atoms with Crippen LogP contribution in [-0.2, 0) is 0 Å². The number of pyridine rings is 1. The molecule has 23 heavy (non-hydrogen) atoms. The number of piperidine rings is 2. The molecule has 0 aliphatic carbocycles. The van der Waals surface area contributed by atoms with E-state index in [1.807, 2.05) is 6.92 Å². The van der Waals surface area contributed by atoms with Crippen molar-refractivity contribution in [1.82, 2.24) is 15.2 Å². The lowest BCUT2D eigenvalue weighted by Gasteiger charge is -2.44. The van der Waals surface area contributed by atoms with Crippen molar-refractivity contribution in [3.05, 3.63) is 23.5 Å². The second-order valence-corrected chi connectivity index (χ2v) is 6.89. The van der Waals surface area contributed by atoms with Crippen LogP contribution in [0.15, 0.2) is 12.3 Å². The first-order valence-electron chi connectivity index (χ1n) is 8.83. The average molecular weight is 317 g/mol. The van der Waals surface area contributed by atoms with E-state index < -0.39 is 0 Å². The van der Waals surface area contributed by atoms with Gasteiger partial charge in [0.15, 0.2) is 0 Å². The predicted octanol–water partition coefficient (Wildman–Crippen LogP) is 2.48. The Kier molecular flexibility index (Phi) is 5.16. The van der Waals surface area contributed by atoms with E-state index in [1.165, 1.54) is 51.4 Å². The number of aromatic hydroxyl groups is 1. The molecule has 3 rings (SSSR count). The number of amides is 1. The van der Waals surface area contributed by atoms with Crippen LogP contribution in [0.25, 0.3) is 0 Å². The number of hydrogen-bond acceptors (Lipinski definition) is 4. The van der Waals surface area contributed by atoms with Crippen LogP contribution in [0.4, 0.5) is 0 Å². The quantitative estimate of drug-likeness (QED) is 0.895. The first-order valence-corrected chi connectivity index (χ1v) is 8.83. The van der Waals surface area contributed by atoms with Gasteiger partial charge in [0, 0.05) is 18.3 Å². The maximum atomic E-state index is 12.2. The fourth-order valence-electron chi connectivity index (χ4n) is 4.11. The molecule has 2 N–H and O–H groups in total. The van der Waals surface area contributed by atoms with E-state index in [4.69, 9.17) is 0 Å². The van der Waals surface area contributed by atoms with Gasteiger partial charge in [-0.2, -0.15) is 0 Å². The first kappa shape index (κ1) is 16.2. The van der Waals surface area contributed by atoms with Crippen molar-refractivity contribution >= 4 is 5.91 Å². The minimum Gasteiger partial charge on any atom is -0.505 e. The molecule has 2 atom stereocenters. The summed E-state index contributed by atoms with van der Waals surface area (Å²) in [6.45, 7) is 4.99. The highest BCUT2D eigenvalue weighted by Crippen LogP contribution is 2.32. The average Bonchev–Trinajstić information content (AvgIpc) is 2.57. The number of aromatic nitrogens is 1. The zero-order valence-electron chi connectivity index (χ0n) is 13.9. The second kappa shape index (κ2) is 7.30. The largest absolute Gasteiger partial charge is 0.505 e. The van der Waals surface area contributed by atoms with E-state index in [2.05, 4.69) is 15.2 Å². The van der Waals surface area contributed by atoms with Crippen LogP contribution >= 0.6 is 0 Å². The fourth-order valence-corrected chi connectivity index (χ4v) is 4.11. The summed E-state index contributed by atoms with van der Waals surface area (Å²) < 4.78 is 0. The molecule has 2 fully saturated rings. The van der Waals surface area contributed by atoms with Gasteiger partial charge in [0.05, 0.1) is 11.8 Å². The molecule has 1 aromatic heterocycles. The Bertz CT molecular complexity index is 559. The number of carbonyl (C=O) groups is 1. The van der Waals surface area contributed by atoms with Gasteiger partial charge in [0.2, 0.25) is 0 Å². The molecule has 0 aromatic carbocycles. The smallest absolute Gasteiger partial charge is 0.255 e. The Morgan fingerprint density at radius 1 is 1.35 bits per heavy atom. The summed E-state index contributed by atoms with van der Waals surface area (Å²) in [6.07, 6.45) is 8.90. The van der Waals surface area contributed by atoms with Crippen molar-refractivity contribution in [2.24, 2.45) is 5.92 Å². The number of aryl methyl sites for hydroxylation is 1. The Morgan fingerprint density at radius 3 is 3.04 bits per heavy atom. The van der Waals surface area contributed by atoms with Crippen LogP contribution in [0.1, 0.15) is 54.6 Å². The van der Waals surface area contributed by atoms with E-state index in [9.17, 15) is 9.90 Å². The van der Waals surface area contributed by atoms with Crippen LogP contribution in [0.3, 0.4) is 0 Å². The van der Waals surface area contributed by atoms with Crippen LogP contribution < -0.4 is 5.32 Å². The number of fused-ring (bicyclic) bond motifs is 1. The summed E-state index contributed by atoms with van der Waals surface area (Å²) in [5.41, 5.74) is 1.05. The molecule has 0 radical (unpaired) electrons. The molecular formula is C18H27N3O2. The number of hydrogen-bond donors (Lipinski definition) is 2. The molecule has 2 saturated heterocycles. The molecule has 3 heterocycles. The number of rotatable bonds is 4. The third-order valence-corrected chi connectivity index (χ3v) is 5.29. The molecule has 5 heteroatoms. The third-order valence-electron chi connectivity index (χ3n) is 5.29. The number of nitrogens with zero attached hydrogens (tertiary/aromatic N) is 2. The maximum absolute atomic E-state index is 12.2. The maximum Gasteiger partial charge on any atom is 0.255 e. The summed E-state index contributed by atoms with van der Waals surface area (Å²) in [5, 5.41) is 12.7. The van der Waals surface area contributed by atoms with E-state index in [-0.39, 0.29) is 11.7 Å². The number of carbonyl (C=O) groups excluding carboxylic acids is 1. The molecule has 2 aliphatic heterocycles. The Labute approximate surface area is 138 Å². The summed E-state index contributed by atoms with van der Waals surface area (Å²) >= 11 is 0. The van der Waals surface area contributed by atoms with E-state index in [0.29, 0.717) is 24.1 Å². The number of nitrogens with one attached hydrogen (secondary N) is 1. The van der Waals surface area contributed by atoms with Gasteiger partial charge in [0.1, 0.15) is 5.75 Å². The molecule has 0 spiro atoms. The van der Waals surface area contributed by atoms with Crippen molar-refractivity contribution in [3.63, 3.8) is 0 Å². The van der Waals surface area contributed by atoms with Gasteiger partial charge in [-0.15, -0.1) is 0 Å². The highest BCUT2D eigenvalue weighted by atomic mass is 16.3. The standard InChI is InChI=1S/C18H27N3O2/c1-13-11-15(17(22)12-20-13)18(23)19-8-7-14-5-4-10-21-9-3-2-6-16(14)21/h11-12,14,16,22H,2-10H2,1H3,(H,19,23)/t14-,16+/m0/s1. The molecule has 0 unspecified atom stereocenters. The molecular weight excluding hydrogens is 290 g/mol. The van der Waals surface area contributed by atoms with Crippen molar-refractivity contribution in [1.29, 1.82) is 0 Å². The van der Waals surface area contributed by atoms with Gasteiger partial charge < -0.3 is 15.3 Å². The molecule has 0 saturated carbocycles. The van der Waals surface area contributed by atoms with Crippen LogP contribution in [0.2, 0.25) is 0 Å². The van der Waals surface area contributed by atoms with Gasteiger partial charge in [-0.1, -0.05) is 6.42 Å². The van der Waals surface area contributed by atoms with Crippen LogP contribution in [0, 0.1) is 12.8 Å². The zero-order chi connectivity index (χ0) is 16.2. The van der Waals surface area contributed by atoms with Crippen molar-refractivity contribution < 1.29 is 9.90 Å². The molecule has 1 amide bonds. The Morgan fingerprint density at radius 2 is 2.17 bits per heavy atom. The summed E-state index contributed by atoms with van der Waals surface area (Å²) in [7, 11) is 0.